The SMILES string of the molecule is Cc1ccc(C(C)Nc2cccc(S(N)(=O)=O)c2)s1. The topological polar surface area (TPSA) is 72.2 Å². The van der Waals surface area contributed by atoms with Crippen molar-refractivity contribution in [2.75, 3.05) is 5.32 Å². The highest BCUT2D eigenvalue weighted by Crippen LogP contribution is 2.26. The van der Waals surface area contributed by atoms with E-state index < -0.39 is 10.0 Å². The highest BCUT2D eigenvalue weighted by atomic mass is 32.2. The van der Waals surface area contributed by atoms with Crippen LogP contribution in [0.4, 0.5) is 5.69 Å². The average Bonchev–Trinajstić information content (AvgIpc) is 2.75. The Labute approximate surface area is 117 Å². The Morgan fingerprint density at radius 1 is 1.26 bits per heavy atom. The number of nitrogens with two attached hydrogens (primary N) is 1. The van der Waals surface area contributed by atoms with Crippen LogP contribution in [-0.4, -0.2) is 8.42 Å². The molecule has 1 heterocycles. The second-order valence-corrected chi connectivity index (χ2v) is 7.27. The Hall–Kier alpha value is -1.37. The van der Waals surface area contributed by atoms with Crippen LogP contribution >= 0.6 is 11.3 Å². The number of nitrogens with one attached hydrogen (secondary N) is 1. The van der Waals surface area contributed by atoms with Gasteiger partial charge < -0.3 is 5.32 Å². The van der Waals surface area contributed by atoms with Gasteiger partial charge in [0.25, 0.3) is 0 Å². The van der Waals surface area contributed by atoms with E-state index in [2.05, 4.69) is 24.4 Å². The first-order valence-electron chi connectivity index (χ1n) is 5.82. The normalized spacial score (nSPS) is 13.2. The predicted octanol–water partition coefficient (Wildman–Crippen LogP) is 2.88. The maximum Gasteiger partial charge on any atom is 0.238 e. The maximum atomic E-state index is 11.3. The molecule has 0 amide bonds. The van der Waals surface area contributed by atoms with Gasteiger partial charge in [-0.25, -0.2) is 13.6 Å². The summed E-state index contributed by atoms with van der Waals surface area (Å²) in [6.45, 7) is 4.09. The summed E-state index contributed by atoms with van der Waals surface area (Å²) < 4.78 is 22.6. The number of hydrogen-bond acceptors (Lipinski definition) is 4. The Bertz CT molecular complexity index is 677. The number of primary sulfonamides is 1. The zero-order valence-corrected chi connectivity index (χ0v) is 12.4. The molecule has 6 heteroatoms. The van der Waals surface area contributed by atoms with E-state index in [0.717, 1.165) is 5.69 Å². The summed E-state index contributed by atoms with van der Waals surface area (Å²) in [5, 5.41) is 8.39. The Morgan fingerprint density at radius 2 is 2.00 bits per heavy atom. The monoisotopic (exact) mass is 296 g/mol. The molecule has 1 atom stereocenters. The fourth-order valence-electron chi connectivity index (χ4n) is 1.77. The zero-order chi connectivity index (χ0) is 14.0. The van der Waals surface area contributed by atoms with Crippen LogP contribution < -0.4 is 10.5 Å². The van der Waals surface area contributed by atoms with E-state index in [9.17, 15) is 8.42 Å². The number of benzene rings is 1. The van der Waals surface area contributed by atoms with E-state index in [1.54, 1.807) is 23.5 Å². The molecule has 0 bridgehead atoms. The van der Waals surface area contributed by atoms with Gasteiger partial charge in [-0.3, -0.25) is 0 Å². The van der Waals surface area contributed by atoms with Crippen LogP contribution in [0.25, 0.3) is 0 Å². The lowest BCUT2D eigenvalue weighted by atomic mass is 10.2. The lowest BCUT2D eigenvalue weighted by molar-refractivity contribution is 0.598. The van der Waals surface area contributed by atoms with Gasteiger partial charge in [-0.2, -0.15) is 0 Å². The molecule has 0 saturated carbocycles. The largest absolute Gasteiger partial charge is 0.378 e. The number of anilines is 1. The van der Waals surface area contributed by atoms with Gasteiger partial charge in [0, 0.05) is 15.4 Å². The molecule has 2 aromatic rings. The molecule has 0 aliphatic carbocycles. The van der Waals surface area contributed by atoms with Crippen molar-refractivity contribution in [1.82, 2.24) is 0 Å². The number of rotatable bonds is 4. The molecule has 4 nitrogen and oxygen atoms in total. The van der Waals surface area contributed by atoms with Crippen LogP contribution in [0, 0.1) is 6.92 Å². The van der Waals surface area contributed by atoms with E-state index in [0.29, 0.717) is 0 Å². The number of hydrogen-bond donors (Lipinski definition) is 2. The summed E-state index contributed by atoms with van der Waals surface area (Å²) in [6.07, 6.45) is 0. The summed E-state index contributed by atoms with van der Waals surface area (Å²) in [7, 11) is -3.66. The smallest absolute Gasteiger partial charge is 0.238 e. The number of sulfonamides is 1. The summed E-state index contributed by atoms with van der Waals surface area (Å²) in [5.74, 6) is 0. The van der Waals surface area contributed by atoms with Crippen LogP contribution in [0.1, 0.15) is 22.7 Å². The first-order chi connectivity index (χ1) is 8.86. The van der Waals surface area contributed by atoms with Crippen molar-refractivity contribution in [3.63, 3.8) is 0 Å². The number of aryl methyl sites for hydroxylation is 1. The van der Waals surface area contributed by atoms with Gasteiger partial charge in [-0.1, -0.05) is 6.07 Å². The molecule has 0 saturated heterocycles. The molecule has 0 fully saturated rings. The van der Waals surface area contributed by atoms with Gasteiger partial charge in [0.15, 0.2) is 0 Å². The maximum absolute atomic E-state index is 11.3. The molecule has 1 unspecified atom stereocenters. The summed E-state index contributed by atoms with van der Waals surface area (Å²) in [6, 6.07) is 10.8. The minimum absolute atomic E-state index is 0.118. The Balaban J connectivity index is 2.20. The second-order valence-electron chi connectivity index (χ2n) is 4.39. The van der Waals surface area contributed by atoms with Gasteiger partial charge in [0.05, 0.1) is 10.9 Å². The Kier molecular flexibility index (Phi) is 3.93. The third kappa shape index (κ3) is 3.56. The van der Waals surface area contributed by atoms with Crippen molar-refractivity contribution in [2.24, 2.45) is 5.14 Å². The summed E-state index contributed by atoms with van der Waals surface area (Å²) >= 11 is 1.72. The van der Waals surface area contributed by atoms with Crippen molar-refractivity contribution in [3.8, 4) is 0 Å². The van der Waals surface area contributed by atoms with E-state index in [1.807, 2.05) is 13.0 Å². The van der Waals surface area contributed by atoms with Crippen LogP contribution in [0.3, 0.4) is 0 Å². The highest BCUT2D eigenvalue weighted by molar-refractivity contribution is 7.89. The molecule has 1 aromatic carbocycles. The molecular formula is C13H16N2O2S2. The standard InChI is InChI=1S/C13H16N2O2S2/c1-9-6-7-13(18-9)10(2)15-11-4-3-5-12(8-11)19(14,16)17/h3-8,10,15H,1-2H3,(H2,14,16,17). The molecule has 19 heavy (non-hydrogen) atoms. The highest BCUT2D eigenvalue weighted by Gasteiger charge is 2.11. The van der Waals surface area contributed by atoms with Crippen molar-refractivity contribution >= 4 is 27.0 Å². The predicted molar refractivity (Wildman–Crippen MR) is 78.9 cm³/mol. The van der Waals surface area contributed by atoms with Gasteiger partial charge in [0.1, 0.15) is 0 Å². The van der Waals surface area contributed by atoms with Crippen molar-refractivity contribution in [2.45, 2.75) is 24.8 Å². The minimum Gasteiger partial charge on any atom is -0.378 e. The van der Waals surface area contributed by atoms with Crippen molar-refractivity contribution in [1.29, 1.82) is 0 Å². The van der Waals surface area contributed by atoms with Crippen molar-refractivity contribution < 1.29 is 8.42 Å². The van der Waals surface area contributed by atoms with E-state index in [4.69, 9.17) is 5.14 Å². The quantitative estimate of drug-likeness (QED) is 0.911. The summed E-state index contributed by atoms with van der Waals surface area (Å²) in [5.41, 5.74) is 0.741. The van der Waals surface area contributed by atoms with E-state index in [-0.39, 0.29) is 10.9 Å². The van der Waals surface area contributed by atoms with Crippen LogP contribution in [0.2, 0.25) is 0 Å². The first kappa shape index (κ1) is 14.0. The van der Waals surface area contributed by atoms with Gasteiger partial charge in [-0.05, 0) is 44.2 Å². The third-order valence-corrected chi connectivity index (χ3v) is 4.83. The van der Waals surface area contributed by atoms with Crippen LogP contribution in [-0.2, 0) is 10.0 Å². The summed E-state index contributed by atoms with van der Waals surface area (Å²) in [4.78, 5) is 2.58. The molecule has 0 aliphatic heterocycles. The number of thiophene rings is 1. The molecule has 102 valence electrons. The average molecular weight is 296 g/mol. The molecular weight excluding hydrogens is 280 g/mol. The molecule has 3 N–H and O–H groups in total. The fourth-order valence-corrected chi connectivity index (χ4v) is 3.21. The van der Waals surface area contributed by atoms with E-state index >= 15 is 0 Å². The van der Waals surface area contributed by atoms with Gasteiger partial charge in [-0.15, -0.1) is 11.3 Å². The minimum atomic E-state index is -3.66. The molecule has 1 aromatic heterocycles. The first-order valence-corrected chi connectivity index (χ1v) is 8.18. The Morgan fingerprint density at radius 3 is 2.58 bits per heavy atom. The zero-order valence-electron chi connectivity index (χ0n) is 10.8. The third-order valence-electron chi connectivity index (χ3n) is 2.73. The molecule has 0 aliphatic rings. The molecule has 0 spiro atoms. The van der Waals surface area contributed by atoms with Crippen LogP contribution in [0.5, 0.6) is 0 Å². The fraction of sp³-hybridized carbons (Fsp3) is 0.231. The van der Waals surface area contributed by atoms with Gasteiger partial charge in [0.2, 0.25) is 10.0 Å². The molecule has 0 radical (unpaired) electrons. The lowest BCUT2D eigenvalue weighted by Crippen LogP contribution is -2.13. The van der Waals surface area contributed by atoms with E-state index in [1.165, 1.54) is 15.8 Å². The van der Waals surface area contributed by atoms with Crippen molar-refractivity contribution in [3.05, 3.63) is 46.2 Å². The second kappa shape index (κ2) is 5.32. The molecule has 2 rings (SSSR count). The van der Waals surface area contributed by atoms with Crippen LogP contribution in [0.15, 0.2) is 41.3 Å². The van der Waals surface area contributed by atoms with Gasteiger partial charge >= 0.3 is 0 Å². The lowest BCUT2D eigenvalue weighted by Gasteiger charge is -2.14.